The largest absolute Gasteiger partial charge is 0.296 e. The molecule has 140 valence electrons. The van der Waals surface area contributed by atoms with Crippen molar-refractivity contribution in [2.45, 2.75) is 42.7 Å². The highest BCUT2D eigenvalue weighted by Gasteiger charge is 2.11. The van der Waals surface area contributed by atoms with Crippen LogP contribution in [0.5, 0.6) is 0 Å². The number of unbranched alkanes of at least 4 members (excludes halogenated alkanes) is 2. The lowest BCUT2D eigenvalue weighted by molar-refractivity contribution is 0.102. The molecule has 0 saturated heterocycles. The molecule has 0 aliphatic rings. The Morgan fingerprint density at radius 2 is 1.78 bits per heavy atom. The molecular formula is C21H23N3OS2. The summed E-state index contributed by atoms with van der Waals surface area (Å²) in [6.07, 6.45) is 4.71. The number of benzene rings is 2. The molecule has 1 heterocycles. The minimum atomic E-state index is -0.147. The molecule has 0 fully saturated rings. The molecule has 3 rings (SSSR count). The second kappa shape index (κ2) is 10.2. The van der Waals surface area contributed by atoms with Crippen LogP contribution in [0.3, 0.4) is 0 Å². The number of amides is 1. The summed E-state index contributed by atoms with van der Waals surface area (Å²) < 4.78 is 0.848. The number of nitrogens with zero attached hydrogens (tertiary/aromatic N) is 2. The van der Waals surface area contributed by atoms with Crippen LogP contribution in [0.2, 0.25) is 0 Å². The molecule has 27 heavy (non-hydrogen) atoms. The molecule has 1 N–H and O–H groups in total. The van der Waals surface area contributed by atoms with Gasteiger partial charge in [0.05, 0.1) is 0 Å². The van der Waals surface area contributed by atoms with Crippen molar-refractivity contribution < 1.29 is 4.79 Å². The predicted octanol–water partition coefficient (Wildman–Crippen LogP) is 5.82. The Kier molecular flexibility index (Phi) is 7.42. The molecule has 0 unspecified atom stereocenters. The van der Waals surface area contributed by atoms with E-state index in [0.29, 0.717) is 10.7 Å². The average molecular weight is 398 g/mol. The van der Waals surface area contributed by atoms with Gasteiger partial charge in [0.2, 0.25) is 5.13 Å². The van der Waals surface area contributed by atoms with Crippen LogP contribution >= 0.6 is 23.1 Å². The van der Waals surface area contributed by atoms with Crippen LogP contribution in [0.25, 0.3) is 0 Å². The van der Waals surface area contributed by atoms with Gasteiger partial charge in [-0.2, -0.15) is 0 Å². The summed E-state index contributed by atoms with van der Waals surface area (Å²) in [4.78, 5) is 12.4. The van der Waals surface area contributed by atoms with E-state index < -0.39 is 0 Å². The molecule has 6 heteroatoms. The van der Waals surface area contributed by atoms with Gasteiger partial charge in [-0.25, -0.2) is 0 Å². The monoisotopic (exact) mass is 397 g/mol. The van der Waals surface area contributed by atoms with E-state index in [0.717, 1.165) is 16.5 Å². The van der Waals surface area contributed by atoms with E-state index in [-0.39, 0.29) is 5.91 Å². The van der Waals surface area contributed by atoms with Crippen molar-refractivity contribution in [1.29, 1.82) is 0 Å². The smallest absolute Gasteiger partial charge is 0.257 e. The molecule has 1 amide bonds. The van der Waals surface area contributed by atoms with Gasteiger partial charge in [-0.15, -0.1) is 10.2 Å². The topological polar surface area (TPSA) is 54.9 Å². The van der Waals surface area contributed by atoms with Gasteiger partial charge in [-0.3, -0.25) is 10.1 Å². The highest BCUT2D eigenvalue weighted by atomic mass is 32.2. The van der Waals surface area contributed by atoms with E-state index in [9.17, 15) is 4.79 Å². The van der Waals surface area contributed by atoms with Crippen molar-refractivity contribution in [2.24, 2.45) is 0 Å². The molecule has 1 aromatic heterocycles. The molecular weight excluding hydrogens is 374 g/mol. The Labute approximate surface area is 168 Å². The Morgan fingerprint density at radius 3 is 2.52 bits per heavy atom. The van der Waals surface area contributed by atoms with Gasteiger partial charge >= 0.3 is 0 Å². The Hall–Kier alpha value is -2.18. The zero-order valence-corrected chi connectivity index (χ0v) is 17.0. The fraction of sp³-hybridized carbons (Fsp3) is 0.286. The highest BCUT2D eigenvalue weighted by molar-refractivity contribution is 8.00. The number of rotatable bonds is 9. The summed E-state index contributed by atoms with van der Waals surface area (Å²) in [6.45, 7) is 2.20. The molecule has 0 saturated carbocycles. The van der Waals surface area contributed by atoms with Gasteiger partial charge in [0, 0.05) is 11.3 Å². The summed E-state index contributed by atoms with van der Waals surface area (Å²) in [5.74, 6) is 0.689. The Balaban J connectivity index is 1.51. The fourth-order valence-electron chi connectivity index (χ4n) is 2.61. The lowest BCUT2D eigenvalue weighted by Gasteiger charge is -2.04. The molecule has 4 nitrogen and oxygen atoms in total. The first kappa shape index (κ1) is 19.6. The predicted molar refractivity (Wildman–Crippen MR) is 114 cm³/mol. The first-order chi connectivity index (χ1) is 13.2. The normalized spacial score (nSPS) is 10.7. The third-order valence-electron chi connectivity index (χ3n) is 4.12. The lowest BCUT2D eigenvalue weighted by atomic mass is 10.1. The number of aryl methyl sites for hydroxylation is 1. The van der Waals surface area contributed by atoms with Gasteiger partial charge in [0.1, 0.15) is 0 Å². The molecule has 0 spiro atoms. The average Bonchev–Trinajstić information content (AvgIpc) is 3.15. The first-order valence-corrected chi connectivity index (χ1v) is 11.0. The number of thioether (sulfide) groups is 1. The molecule has 0 radical (unpaired) electrons. The first-order valence-electron chi connectivity index (χ1n) is 9.15. The van der Waals surface area contributed by atoms with Crippen LogP contribution in [0.4, 0.5) is 5.13 Å². The second-order valence-corrected chi connectivity index (χ2v) is 8.46. The van der Waals surface area contributed by atoms with Crippen molar-refractivity contribution in [3.8, 4) is 0 Å². The van der Waals surface area contributed by atoms with Crippen LogP contribution in [0.15, 0.2) is 58.9 Å². The van der Waals surface area contributed by atoms with E-state index in [4.69, 9.17) is 0 Å². The van der Waals surface area contributed by atoms with E-state index in [2.05, 4.69) is 34.6 Å². The number of hydrogen-bond donors (Lipinski definition) is 1. The van der Waals surface area contributed by atoms with Gasteiger partial charge in [0.15, 0.2) is 4.34 Å². The fourth-order valence-corrected chi connectivity index (χ4v) is 4.31. The van der Waals surface area contributed by atoms with Crippen LogP contribution in [-0.2, 0) is 12.2 Å². The summed E-state index contributed by atoms with van der Waals surface area (Å²) in [5.41, 5.74) is 3.15. The zero-order chi connectivity index (χ0) is 18.9. The number of aromatic nitrogens is 2. The Morgan fingerprint density at radius 1 is 1.00 bits per heavy atom. The number of carbonyl (C=O) groups excluding carboxylic acids is 1. The number of nitrogens with one attached hydrogen (secondary N) is 1. The number of hydrogen-bond acceptors (Lipinski definition) is 5. The maximum Gasteiger partial charge on any atom is 0.257 e. The SMILES string of the molecule is CCCCCc1ccc(C(=O)Nc2nnc(SCc3ccccc3)s2)cc1. The summed E-state index contributed by atoms with van der Waals surface area (Å²) >= 11 is 3.02. The van der Waals surface area contributed by atoms with E-state index >= 15 is 0 Å². The standard InChI is InChI=1S/C21H23N3OS2/c1-2-3-5-8-16-11-13-18(14-12-16)19(25)22-20-23-24-21(27-20)26-15-17-9-6-4-7-10-17/h4,6-7,9-14H,2-3,5,8,15H2,1H3,(H,22,23,25). The molecule has 3 aromatic rings. The summed E-state index contributed by atoms with van der Waals surface area (Å²) in [7, 11) is 0. The summed E-state index contributed by atoms with van der Waals surface area (Å²) in [5, 5.41) is 11.6. The molecule has 0 bridgehead atoms. The van der Waals surface area contributed by atoms with Gasteiger partial charge in [-0.05, 0) is 36.1 Å². The molecule has 0 aliphatic heterocycles. The van der Waals surface area contributed by atoms with E-state index in [1.807, 2.05) is 42.5 Å². The van der Waals surface area contributed by atoms with Crippen LogP contribution in [0.1, 0.15) is 47.7 Å². The van der Waals surface area contributed by atoms with E-state index in [1.54, 1.807) is 11.8 Å². The molecule has 0 aliphatic carbocycles. The number of carbonyl (C=O) groups is 1. The quantitative estimate of drug-likeness (QED) is 0.281. The maximum atomic E-state index is 12.4. The zero-order valence-electron chi connectivity index (χ0n) is 15.4. The van der Waals surface area contributed by atoms with Gasteiger partial charge < -0.3 is 0 Å². The van der Waals surface area contributed by atoms with Gasteiger partial charge in [0.25, 0.3) is 5.91 Å². The molecule has 0 atom stereocenters. The van der Waals surface area contributed by atoms with Crippen LogP contribution in [-0.4, -0.2) is 16.1 Å². The van der Waals surface area contributed by atoms with Crippen molar-refractivity contribution in [3.05, 3.63) is 71.3 Å². The lowest BCUT2D eigenvalue weighted by Crippen LogP contribution is -2.11. The van der Waals surface area contributed by atoms with Crippen LogP contribution in [0, 0.1) is 0 Å². The molecule has 2 aromatic carbocycles. The maximum absolute atomic E-state index is 12.4. The Bertz CT molecular complexity index is 847. The third-order valence-corrected chi connectivity index (χ3v) is 6.16. The third kappa shape index (κ3) is 6.19. The van der Waals surface area contributed by atoms with Crippen molar-refractivity contribution in [1.82, 2.24) is 10.2 Å². The van der Waals surface area contributed by atoms with Gasteiger partial charge in [-0.1, -0.05) is 85.3 Å². The minimum Gasteiger partial charge on any atom is -0.296 e. The van der Waals surface area contributed by atoms with Crippen molar-refractivity contribution in [2.75, 3.05) is 5.32 Å². The minimum absolute atomic E-state index is 0.147. The van der Waals surface area contributed by atoms with Crippen molar-refractivity contribution >= 4 is 34.1 Å². The number of anilines is 1. The van der Waals surface area contributed by atoms with Crippen LogP contribution < -0.4 is 5.32 Å². The van der Waals surface area contributed by atoms with Crippen molar-refractivity contribution in [3.63, 3.8) is 0 Å². The second-order valence-electron chi connectivity index (χ2n) is 6.26. The highest BCUT2D eigenvalue weighted by Crippen LogP contribution is 2.28. The summed E-state index contributed by atoms with van der Waals surface area (Å²) in [6, 6.07) is 18.0. The van der Waals surface area contributed by atoms with E-state index in [1.165, 1.54) is 41.7 Å².